The minimum atomic E-state index is -3.94. The lowest BCUT2D eigenvalue weighted by atomic mass is 10.2. The third kappa shape index (κ3) is 3.90. The van der Waals surface area contributed by atoms with Crippen LogP contribution >= 0.6 is 0 Å². The van der Waals surface area contributed by atoms with Crippen LogP contribution in [0.2, 0.25) is 0 Å². The zero-order chi connectivity index (χ0) is 20.4. The molecule has 0 aliphatic heterocycles. The highest BCUT2D eigenvalue weighted by atomic mass is 32.2. The monoisotopic (exact) mass is 405 g/mol. The molecular weight excluding hydrogens is 386 g/mol. The molecule has 146 valence electrons. The molecule has 29 heavy (non-hydrogen) atoms. The molecule has 1 amide bonds. The Morgan fingerprint density at radius 2 is 1.62 bits per heavy atom. The van der Waals surface area contributed by atoms with E-state index in [4.69, 9.17) is 0 Å². The third-order valence-electron chi connectivity index (χ3n) is 4.67. The fourth-order valence-corrected chi connectivity index (χ4v) is 4.18. The van der Waals surface area contributed by atoms with E-state index in [9.17, 15) is 13.2 Å². The maximum atomic E-state index is 12.6. The quantitative estimate of drug-likeness (QED) is 0.551. The lowest BCUT2D eigenvalue weighted by molar-refractivity contribution is 0.0981. The van der Waals surface area contributed by atoms with E-state index < -0.39 is 15.9 Å². The SMILES string of the molecule is Cc1nc2ccc(C(=O)NS(=O)(=O)c3ccccc3)cc2n1Cc1ccccc1. The van der Waals surface area contributed by atoms with Crippen LogP contribution in [0.4, 0.5) is 0 Å². The molecule has 0 bridgehead atoms. The Labute approximate surface area is 168 Å². The number of nitrogens with zero attached hydrogens (tertiary/aromatic N) is 2. The molecular formula is C22H19N3O3S. The first-order valence-corrected chi connectivity index (χ1v) is 10.6. The summed E-state index contributed by atoms with van der Waals surface area (Å²) in [5.74, 6) is 0.138. The number of hydrogen-bond donors (Lipinski definition) is 1. The number of nitrogens with one attached hydrogen (secondary N) is 1. The van der Waals surface area contributed by atoms with Crippen molar-refractivity contribution in [2.24, 2.45) is 0 Å². The average molecular weight is 405 g/mol. The van der Waals surface area contributed by atoms with Gasteiger partial charge in [-0.2, -0.15) is 0 Å². The van der Waals surface area contributed by atoms with Crippen LogP contribution in [0.5, 0.6) is 0 Å². The maximum Gasteiger partial charge on any atom is 0.265 e. The number of carbonyl (C=O) groups excluding carboxylic acids is 1. The van der Waals surface area contributed by atoms with Gasteiger partial charge in [0.25, 0.3) is 15.9 Å². The number of benzene rings is 3. The van der Waals surface area contributed by atoms with E-state index in [1.165, 1.54) is 12.1 Å². The van der Waals surface area contributed by atoms with E-state index in [0.29, 0.717) is 6.54 Å². The van der Waals surface area contributed by atoms with Gasteiger partial charge >= 0.3 is 0 Å². The van der Waals surface area contributed by atoms with E-state index in [1.807, 2.05) is 41.8 Å². The van der Waals surface area contributed by atoms with Crippen LogP contribution in [0.25, 0.3) is 11.0 Å². The molecule has 0 saturated carbocycles. The van der Waals surface area contributed by atoms with E-state index >= 15 is 0 Å². The van der Waals surface area contributed by atoms with Crippen molar-refractivity contribution in [1.82, 2.24) is 14.3 Å². The van der Waals surface area contributed by atoms with Gasteiger partial charge in [0.05, 0.1) is 15.9 Å². The highest BCUT2D eigenvalue weighted by molar-refractivity contribution is 7.90. The number of imidazole rings is 1. The van der Waals surface area contributed by atoms with Crippen LogP contribution in [-0.4, -0.2) is 23.9 Å². The molecule has 7 heteroatoms. The van der Waals surface area contributed by atoms with Crippen LogP contribution in [0.1, 0.15) is 21.7 Å². The molecule has 0 saturated heterocycles. The van der Waals surface area contributed by atoms with Crippen molar-refractivity contribution >= 4 is 27.0 Å². The molecule has 4 rings (SSSR count). The number of rotatable bonds is 5. The maximum absolute atomic E-state index is 12.6. The van der Waals surface area contributed by atoms with Crippen LogP contribution in [0, 0.1) is 6.92 Å². The van der Waals surface area contributed by atoms with Crippen molar-refractivity contribution in [1.29, 1.82) is 0 Å². The first kappa shape index (κ1) is 18.9. The topological polar surface area (TPSA) is 81.1 Å². The molecule has 0 aliphatic rings. The summed E-state index contributed by atoms with van der Waals surface area (Å²) in [6, 6.07) is 22.7. The van der Waals surface area contributed by atoms with Gasteiger partial charge in [-0.1, -0.05) is 48.5 Å². The van der Waals surface area contributed by atoms with E-state index in [-0.39, 0.29) is 10.5 Å². The lowest BCUT2D eigenvalue weighted by Crippen LogP contribution is -2.30. The summed E-state index contributed by atoms with van der Waals surface area (Å²) in [4.78, 5) is 17.2. The Morgan fingerprint density at radius 3 is 2.31 bits per heavy atom. The van der Waals surface area contributed by atoms with Gasteiger partial charge < -0.3 is 4.57 Å². The molecule has 0 atom stereocenters. The van der Waals surface area contributed by atoms with Gasteiger partial charge in [-0.3, -0.25) is 4.79 Å². The average Bonchev–Trinajstić information content (AvgIpc) is 3.03. The molecule has 0 unspecified atom stereocenters. The van der Waals surface area contributed by atoms with E-state index in [0.717, 1.165) is 22.4 Å². The summed E-state index contributed by atoms with van der Waals surface area (Å²) in [6.45, 7) is 2.51. The van der Waals surface area contributed by atoms with Gasteiger partial charge in [-0.15, -0.1) is 0 Å². The summed E-state index contributed by atoms with van der Waals surface area (Å²) in [5.41, 5.74) is 2.89. The second-order valence-electron chi connectivity index (χ2n) is 6.68. The first-order valence-electron chi connectivity index (χ1n) is 9.07. The van der Waals surface area contributed by atoms with Crippen LogP contribution < -0.4 is 4.72 Å². The summed E-state index contributed by atoms with van der Waals surface area (Å²) in [5, 5.41) is 0. The number of sulfonamides is 1. The number of aryl methyl sites for hydroxylation is 1. The summed E-state index contributed by atoms with van der Waals surface area (Å²) in [6.07, 6.45) is 0. The van der Waals surface area contributed by atoms with Gasteiger partial charge in [0.15, 0.2) is 0 Å². The van der Waals surface area contributed by atoms with Crippen molar-refractivity contribution in [2.45, 2.75) is 18.4 Å². The molecule has 0 fully saturated rings. The van der Waals surface area contributed by atoms with Crippen molar-refractivity contribution in [2.75, 3.05) is 0 Å². The minimum absolute atomic E-state index is 0.0411. The Kier molecular flexibility index (Phi) is 4.90. The Hall–Kier alpha value is -3.45. The van der Waals surface area contributed by atoms with E-state index in [2.05, 4.69) is 9.71 Å². The normalized spacial score (nSPS) is 11.5. The number of hydrogen-bond acceptors (Lipinski definition) is 4. The Bertz CT molecular complexity index is 1280. The largest absolute Gasteiger partial charge is 0.324 e. The van der Waals surface area contributed by atoms with Crippen LogP contribution in [0.15, 0.2) is 83.8 Å². The Morgan fingerprint density at radius 1 is 0.966 bits per heavy atom. The van der Waals surface area contributed by atoms with Crippen molar-refractivity contribution in [3.63, 3.8) is 0 Å². The molecule has 0 radical (unpaired) electrons. The molecule has 1 N–H and O–H groups in total. The number of aromatic nitrogens is 2. The van der Waals surface area contributed by atoms with Crippen molar-refractivity contribution < 1.29 is 13.2 Å². The van der Waals surface area contributed by atoms with Crippen LogP contribution in [0.3, 0.4) is 0 Å². The second-order valence-corrected chi connectivity index (χ2v) is 8.36. The molecule has 3 aromatic carbocycles. The number of amides is 1. The van der Waals surface area contributed by atoms with Gasteiger partial charge in [-0.25, -0.2) is 18.1 Å². The van der Waals surface area contributed by atoms with E-state index in [1.54, 1.807) is 36.4 Å². The smallest absolute Gasteiger partial charge is 0.265 e. The van der Waals surface area contributed by atoms with Gasteiger partial charge in [0, 0.05) is 12.1 Å². The number of carbonyl (C=O) groups is 1. The molecule has 6 nitrogen and oxygen atoms in total. The molecule has 1 aromatic heterocycles. The zero-order valence-corrected chi connectivity index (χ0v) is 16.6. The Balaban J connectivity index is 1.66. The molecule has 0 spiro atoms. The predicted molar refractivity (Wildman–Crippen MR) is 111 cm³/mol. The molecule has 4 aromatic rings. The summed E-state index contributed by atoms with van der Waals surface area (Å²) < 4.78 is 29.0. The lowest BCUT2D eigenvalue weighted by Gasteiger charge is -2.09. The highest BCUT2D eigenvalue weighted by Gasteiger charge is 2.19. The van der Waals surface area contributed by atoms with Crippen LogP contribution in [-0.2, 0) is 16.6 Å². The molecule has 0 aliphatic carbocycles. The second kappa shape index (κ2) is 7.52. The standard InChI is InChI=1S/C22H19N3O3S/c1-16-23-20-13-12-18(14-21(20)25(16)15-17-8-4-2-5-9-17)22(26)24-29(27,28)19-10-6-3-7-11-19/h2-14H,15H2,1H3,(H,24,26). The highest BCUT2D eigenvalue weighted by Crippen LogP contribution is 2.20. The number of fused-ring (bicyclic) bond motifs is 1. The predicted octanol–water partition coefficient (Wildman–Crippen LogP) is 3.51. The minimum Gasteiger partial charge on any atom is -0.324 e. The zero-order valence-electron chi connectivity index (χ0n) is 15.7. The summed E-state index contributed by atoms with van der Waals surface area (Å²) in [7, 11) is -3.94. The van der Waals surface area contributed by atoms with Gasteiger partial charge in [0.2, 0.25) is 0 Å². The van der Waals surface area contributed by atoms with Gasteiger partial charge in [-0.05, 0) is 42.8 Å². The van der Waals surface area contributed by atoms with Crippen molar-refractivity contribution in [3.05, 3.63) is 95.8 Å². The first-order chi connectivity index (χ1) is 13.9. The third-order valence-corrected chi connectivity index (χ3v) is 6.01. The fourth-order valence-electron chi connectivity index (χ4n) is 3.19. The van der Waals surface area contributed by atoms with Crippen molar-refractivity contribution in [3.8, 4) is 0 Å². The summed E-state index contributed by atoms with van der Waals surface area (Å²) >= 11 is 0. The molecule has 1 heterocycles. The van der Waals surface area contributed by atoms with Gasteiger partial charge in [0.1, 0.15) is 5.82 Å². The fraction of sp³-hybridized carbons (Fsp3) is 0.0909.